The Balaban J connectivity index is 0.000000410. The van der Waals surface area contributed by atoms with Crippen molar-refractivity contribution in [2.45, 2.75) is 34.1 Å². The van der Waals surface area contributed by atoms with Crippen molar-refractivity contribution in [3.8, 4) is 0 Å². The summed E-state index contributed by atoms with van der Waals surface area (Å²) in [4.78, 5) is 22.0. The van der Waals surface area contributed by atoms with Gasteiger partial charge < -0.3 is 0 Å². The first-order valence-electron chi connectivity index (χ1n) is 8.84. The first-order chi connectivity index (χ1) is 12.2. The Morgan fingerprint density at radius 3 is 1.08 bits per heavy atom. The molecule has 0 radical (unpaired) electrons. The van der Waals surface area contributed by atoms with Gasteiger partial charge in [0.2, 0.25) is 0 Å². The zero-order valence-electron chi connectivity index (χ0n) is 15.3. The van der Waals surface area contributed by atoms with Crippen LogP contribution in [0.3, 0.4) is 0 Å². The molecule has 0 spiro atoms. The molecule has 0 aromatic heterocycles. The zero-order valence-corrected chi connectivity index (χ0v) is 15.3. The van der Waals surface area contributed by atoms with Crippen molar-refractivity contribution in [1.29, 1.82) is 0 Å². The molecule has 0 aliphatic carbocycles. The third-order valence-corrected chi connectivity index (χ3v) is 3.85. The van der Waals surface area contributed by atoms with Crippen LogP contribution in [0.25, 0.3) is 32.3 Å². The molecule has 25 heavy (non-hydrogen) atoms. The van der Waals surface area contributed by atoms with E-state index in [0.29, 0.717) is 11.1 Å². The van der Waals surface area contributed by atoms with E-state index >= 15 is 0 Å². The van der Waals surface area contributed by atoms with Crippen LogP contribution in [0.4, 0.5) is 0 Å². The highest BCUT2D eigenvalue weighted by molar-refractivity contribution is 6.24. The predicted molar refractivity (Wildman–Crippen MR) is 108 cm³/mol. The molecule has 0 atom stereocenters. The lowest BCUT2D eigenvalue weighted by atomic mass is 9.92. The van der Waals surface area contributed by atoms with Gasteiger partial charge in [0.15, 0.2) is 0 Å². The Bertz CT molecular complexity index is 851. The Morgan fingerprint density at radius 2 is 0.880 bits per heavy atom. The van der Waals surface area contributed by atoms with Crippen LogP contribution in [0, 0.1) is 0 Å². The lowest BCUT2D eigenvalue weighted by Crippen LogP contribution is -1.88. The van der Waals surface area contributed by atoms with Crippen LogP contribution in [-0.4, -0.2) is 12.6 Å². The number of hydrogen-bond donors (Lipinski definition) is 0. The van der Waals surface area contributed by atoms with Gasteiger partial charge in [0, 0.05) is 11.1 Å². The topological polar surface area (TPSA) is 34.1 Å². The smallest absolute Gasteiger partial charge is 0.150 e. The highest BCUT2D eigenvalue weighted by Crippen LogP contribution is 2.35. The second-order valence-electron chi connectivity index (χ2n) is 5.76. The molecule has 0 aliphatic rings. The molecule has 2 heteroatoms. The van der Waals surface area contributed by atoms with Gasteiger partial charge in [0.05, 0.1) is 0 Å². The lowest BCUT2D eigenvalue weighted by Gasteiger charge is -2.11. The Labute approximate surface area is 148 Å². The minimum Gasteiger partial charge on any atom is -0.298 e. The summed E-state index contributed by atoms with van der Waals surface area (Å²) in [6, 6.07) is 15.6. The second kappa shape index (κ2) is 8.39. The predicted octanol–water partition coefficient (Wildman–Crippen LogP) is 6.65. The summed E-state index contributed by atoms with van der Waals surface area (Å²) in [5.74, 6) is 0. The maximum Gasteiger partial charge on any atom is 0.150 e. The molecule has 0 saturated heterocycles. The van der Waals surface area contributed by atoms with E-state index in [-0.39, 0.29) is 0 Å². The second-order valence-corrected chi connectivity index (χ2v) is 5.76. The molecule has 0 amide bonds. The van der Waals surface area contributed by atoms with Gasteiger partial charge in [-0.1, -0.05) is 58.4 Å². The zero-order chi connectivity index (χ0) is 18.4. The molecule has 128 valence electrons. The van der Waals surface area contributed by atoms with Gasteiger partial charge >= 0.3 is 0 Å². The summed E-state index contributed by atoms with van der Waals surface area (Å²) in [5, 5.41) is 6.54. The van der Waals surface area contributed by atoms with Crippen LogP contribution in [-0.2, 0) is 0 Å². The summed E-state index contributed by atoms with van der Waals surface area (Å²) < 4.78 is 0. The van der Waals surface area contributed by atoms with Crippen molar-refractivity contribution in [2.24, 2.45) is 0 Å². The van der Waals surface area contributed by atoms with Crippen LogP contribution in [0.1, 0.15) is 54.8 Å². The van der Waals surface area contributed by atoms with Gasteiger partial charge in [0.1, 0.15) is 12.6 Å². The molecule has 0 N–H and O–H groups in total. The van der Waals surface area contributed by atoms with Crippen molar-refractivity contribution in [3.63, 3.8) is 0 Å². The highest BCUT2D eigenvalue weighted by Gasteiger charge is 2.10. The molecule has 0 bridgehead atoms. The summed E-state index contributed by atoms with van der Waals surface area (Å²) in [5.41, 5.74) is 1.37. The molecule has 2 nitrogen and oxygen atoms in total. The first kappa shape index (κ1) is 18.6. The van der Waals surface area contributed by atoms with Crippen LogP contribution >= 0.6 is 0 Å². The molecule has 0 fully saturated rings. The quantitative estimate of drug-likeness (QED) is 0.304. The Kier molecular flexibility index (Phi) is 6.24. The molecular formula is C23H24O2. The van der Waals surface area contributed by atoms with Crippen LogP contribution in [0.15, 0.2) is 48.5 Å². The summed E-state index contributed by atoms with van der Waals surface area (Å²) in [6.07, 6.45) is 3.00. The molecule has 4 rings (SSSR count). The van der Waals surface area contributed by atoms with Crippen molar-refractivity contribution < 1.29 is 9.59 Å². The van der Waals surface area contributed by atoms with Crippen LogP contribution < -0.4 is 0 Å². The molecule has 0 unspecified atom stereocenters. The summed E-state index contributed by atoms with van der Waals surface area (Å²) in [6.45, 7) is 8.25. The monoisotopic (exact) mass is 332 g/mol. The fourth-order valence-corrected chi connectivity index (χ4v) is 3.02. The fourth-order valence-electron chi connectivity index (χ4n) is 3.02. The van der Waals surface area contributed by atoms with E-state index in [1.54, 1.807) is 0 Å². The number of hydrogen-bond acceptors (Lipinski definition) is 2. The van der Waals surface area contributed by atoms with Gasteiger partial charge in [-0.2, -0.15) is 0 Å². The van der Waals surface area contributed by atoms with E-state index < -0.39 is 0 Å². The van der Waals surface area contributed by atoms with Crippen molar-refractivity contribution in [2.75, 3.05) is 0 Å². The maximum absolute atomic E-state index is 11.0. The largest absolute Gasteiger partial charge is 0.298 e. The number of benzene rings is 4. The van der Waals surface area contributed by atoms with Crippen molar-refractivity contribution in [1.82, 2.24) is 0 Å². The lowest BCUT2D eigenvalue weighted by molar-refractivity contribution is 0.111. The van der Waals surface area contributed by atoms with Gasteiger partial charge in [0.25, 0.3) is 0 Å². The van der Waals surface area contributed by atoms with E-state index in [1.165, 1.54) is 6.42 Å². The Hall–Kier alpha value is -2.74. The Morgan fingerprint density at radius 1 is 0.640 bits per heavy atom. The summed E-state index contributed by atoms with van der Waals surface area (Å²) in [7, 11) is 0. The number of rotatable bonds is 2. The molecule has 0 heterocycles. The van der Waals surface area contributed by atoms with Gasteiger partial charge in [-0.15, -0.1) is 0 Å². The highest BCUT2D eigenvalue weighted by atomic mass is 16.1. The third kappa shape index (κ3) is 3.53. The number of carbonyl (C=O) groups excluding carboxylic acids is 2. The number of carbonyl (C=O) groups is 2. The van der Waals surface area contributed by atoms with Crippen molar-refractivity contribution in [3.05, 3.63) is 59.7 Å². The maximum atomic E-state index is 11.0. The van der Waals surface area contributed by atoms with E-state index in [1.807, 2.05) is 62.4 Å². The third-order valence-electron chi connectivity index (χ3n) is 3.85. The average molecular weight is 332 g/mol. The molecule has 0 saturated carbocycles. The van der Waals surface area contributed by atoms with E-state index in [9.17, 15) is 9.59 Å². The molecule has 4 aromatic rings. The van der Waals surface area contributed by atoms with Crippen LogP contribution in [0.5, 0.6) is 0 Å². The van der Waals surface area contributed by atoms with E-state index in [0.717, 1.165) is 44.9 Å². The fraction of sp³-hybridized carbons (Fsp3) is 0.217. The standard InChI is InChI=1S/C18H10O2.C3H8.C2H6/c19-9-11-5-13-1-2-14-6-12(10-20)8-16-4-3-15(7-11)17(13)18(14)16;1-3-2;1-2/h1-10H;3H2,1-2H3;1-2H3. The SMILES string of the molecule is CC.CCC.O=Cc1cc2ccc3cc(C=O)cc4ccc(c1)c2c34. The average Bonchev–Trinajstić information content (AvgIpc) is 2.67. The van der Waals surface area contributed by atoms with Gasteiger partial charge in [-0.3, -0.25) is 9.59 Å². The molecule has 0 aliphatic heterocycles. The number of aldehydes is 2. The van der Waals surface area contributed by atoms with Crippen molar-refractivity contribution >= 4 is 44.9 Å². The van der Waals surface area contributed by atoms with E-state index in [4.69, 9.17) is 0 Å². The normalized spacial score (nSPS) is 10.1. The van der Waals surface area contributed by atoms with Gasteiger partial charge in [-0.25, -0.2) is 0 Å². The minimum absolute atomic E-state index is 0.685. The first-order valence-corrected chi connectivity index (χ1v) is 8.84. The summed E-state index contributed by atoms with van der Waals surface area (Å²) >= 11 is 0. The minimum atomic E-state index is 0.685. The van der Waals surface area contributed by atoms with Crippen LogP contribution in [0.2, 0.25) is 0 Å². The van der Waals surface area contributed by atoms with E-state index in [2.05, 4.69) is 13.8 Å². The molecule has 4 aromatic carbocycles. The molecular weight excluding hydrogens is 308 g/mol. The van der Waals surface area contributed by atoms with Gasteiger partial charge in [-0.05, 0) is 56.6 Å².